The maximum absolute atomic E-state index is 2.38. The molecule has 0 aromatic carbocycles. The number of nitrogens with zero attached hydrogens (tertiary/aromatic N) is 1. The van der Waals surface area contributed by atoms with Crippen molar-refractivity contribution in [1.82, 2.24) is 4.90 Å². The van der Waals surface area contributed by atoms with Crippen LogP contribution < -0.4 is 0 Å². The summed E-state index contributed by atoms with van der Waals surface area (Å²) in [6, 6.07) is 1.41. The van der Waals surface area contributed by atoms with Crippen molar-refractivity contribution < 1.29 is 0 Å². The van der Waals surface area contributed by atoms with E-state index in [1.807, 2.05) is 41.5 Å². The molecular formula is C58H137NSi. The zero-order valence-corrected chi connectivity index (χ0v) is 49.9. The van der Waals surface area contributed by atoms with Crippen LogP contribution in [0.2, 0.25) is 25.7 Å². The molecule has 0 amide bonds. The zero-order chi connectivity index (χ0) is 49.2. The molecule has 2 saturated carbocycles. The molecular weight excluding hydrogens is 739 g/mol. The number of hydrogen-bond donors (Lipinski definition) is 0. The fraction of sp³-hybridized carbons (Fsp3) is 0.966. The van der Waals surface area contributed by atoms with Crippen LogP contribution >= 0.6 is 0 Å². The van der Waals surface area contributed by atoms with Gasteiger partial charge in [-0.2, -0.15) is 0 Å². The van der Waals surface area contributed by atoms with Gasteiger partial charge in [0.05, 0.1) is 0 Å². The van der Waals surface area contributed by atoms with Crippen molar-refractivity contribution in [3.63, 3.8) is 0 Å². The van der Waals surface area contributed by atoms with Gasteiger partial charge in [0.2, 0.25) is 0 Å². The van der Waals surface area contributed by atoms with Gasteiger partial charge in [0, 0.05) is 19.2 Å². The van der Waals surface area contributed by atoms with E-state index in [0.29, 0.717) is 21.7 Å². The Hall–Kier alpha value is -0.0831. The summed E-state index contributed by atoms with van der Waals surface area (Å²) in [5, 5.41) is 0. The van der Waals surface area contributed by atoms with Crippen LogP contribution in [0.1, 0.15) is 300 Å². The standard InChI is InChI=1S/C10H22.C9H21N.C9H18.C6H10.C5H14Si.C5H10.2C3H8.3C2H6.2CH4/c1-9(2,3)7-8-10(4,5)6;1-8(2,3)10(7)9(4,5)6;1-8(2)5-6-9(3,4)7-8;1-5-3-4-6(5)2;1-5-6(2,3)4;1-5(2)3-4-5;2*1-3-2;3*1-2;;/h7-8H2,1-6H3;1-7H3;5-7H2,1-4H3;3-4H2,1-2H3;5H2,1-4H3;3-4H2,1-2H3;2*3H2,1-2H3;3*1-2H3;2*1H4. The van der Waals surface area contributed by atoms with E-state index < -0.39 is 8.07 Å². The maximum Gasteiger partial charge on any atom is 0.0439 e. The lowest BCUT2D eigenvalue weighted by Crippen LogP contribution is -2.49. The second-order valence-corrected chi connectivity index (χ2v) is 30.4. The van der Waals surface area contributed by atoms with E-state index >= 15 is 0 Å². The van der Waals surface area contributed by atoms with E-state index in [1.54, 1.807) is 11.1 Å². The normalized spacial score (nSPS) is 16.0. The van der Waals surface area contributed by atoms with Gasteiger partial charge in [-0.1, -0.05) is 224 Å². The Morgan fingerprint density at radius 3 is 0.683 bits per heavy atom. The first-order chi connectivity index (χ1) is 25.7. The number of hydrogen-bond acceptors (Lipinski definition) is 1. The Morgan fingerprint density at radius 2 is 0.650 bits per heavy atom. The Morgan fingerprint density at radius 1 is 0.467 bits per heavy atom. The monoisotopic (exact) mass is 876 g/mol. The van der Waals surface area contributed by atoms with Gasteiger partial charge >= 0.3 is 0 Å². The molecule has 0 heterocycles. The number of allylic oxidation sites excluding steroid dienone is 2. The fourth-order valence-electron chi connectivity index (χ4n) is 4.78. The van der Waals surface area contributed by atoms with Crippen LogP contribution in [0, 0.1) is 27.1 Å². The Bertz CT molecular complexity index is 804. The van der Waals surface area contributed by atoms with Crippen LogP contribution in [0.4, 0.5) is 0 Å². The molecule has 378 valence electrons. The Balaban J connectivity index is -0.0000000596. The van der Waals surface area contributed by atoms with E-state index in [-0.39, 0.29) is 25.9 Å². The third kappa shape index (κ3) is 78.4. The van der Waals surface area contributed by atoms with Gasteiger partial charge < -0.3 is 0 Å². The molecule has 0 radical (unpaired) electrons. The first-order valence-electron chi connectivity index (χ1n) is 25.1. The lowest BCUT2D eigenvalue weighted by Gasteiger charge is -2.42. The molecule has 2 fully saturated rings. The lowest BCUT2D eigenvalue weighted by molar-refractivity contribution is 0.0700. The highest BCUT2D eigenvalue weighted by atomic mass is 28.3. The predicted octanol–water partition coefficient (Wildman–Crippen LogP) is 23.0. The van der Waals surface area contributed by atoms with E-state index in [0.717, 1.165) is 5.41 Å². The van der Waals surface area contributed by atoms with Crippen LogP contribution in [-0.2, 0) is 0 Å². The third-order valence-corrected chi connectivity index (χ3v) is 12.1. The number of rotatable bonds is 2. The summed E-state index contributed by atoms with van der Waals surface area (Å²) < 4.78 is 0. The summed E-state index contributed by atoms with van der Waals surface area (Å²) in [6.07, 6.45) is 15.0. The van der Waals surface area contributed by atoms with Crippen LogP contribution in [0.15, 0.2) is 11.1 Å². The van der Waals surface area contributed by atoms with E-state index in [2.05, 4.69) is 205 Å². The molecule has 3 aliphatic carbocycles. The molecule has 0 aromatic rings. The molecule has 60 heavy (non-hydrogen) atoms. The molecule has 0 aliphatic heterocycles. The molecule has 0 unspecified atom stereocenters. The van der Waals surface area contributed by atoms with Crippen LogP contribution in [-0.4, -0.2) is 31.1 Å². The highest BCUT2D eigenvalue weighted by Crippen LogP contribution is 2.48. The second kappa shape index (κ2) is 41.6. The third-order valence-electron chi connectivity index (χ3n) is 9.99. The molecule has 0 N–H and O–H groups in total. The Kier molecular flexibility index (Phi) is 57.9. The maximum atomic E-state index is 2.38. The van der Waals surface area contributed by atoms with Crippen molar-refractivity contribution in [2.24, 2.45) is 27.1 Å². The lowest BCUT2D eigenvalue weighted by atomic mass is 9.81. The fourth-order valence-corrected chi connectivity index (χ4v) is 4.78. The highest BCUT2D eigenvalue weighted by Gasteiger charge is 2.36. The minimum Gasteiger partial charge on any atom is -0.297 e. The molecule has 1 nitrogen and oxygen atoms in total. The molecule has 0 spiro atoms. The summed E-state index contributed by atoms with van der Waals surface area (Å²) in [5.41, 5.74) is 6.79. The van der Waals surface area contributed by atoms with Crippen molar-refractivity contribution in [2.75, 3.05) is 7.05 Å². The van der Waals surface area contributed by atoms with Crippen molar-refractivity contribution in [1.29, 1.82) is 0 Å². The van der Waals surface area contributed by atoms with Gasteiger partial charge in [0.25, 0.3) is 0 Å². The van der Waals surface area contributed by atoms with E-state index in [1.165, 1.54) is 76.7 Å². The second-order valence-electron chi connectivity index (χ2n) is 24.6. The Labute approximate surface area is 393 Å². The van der Waals surface area contributed by atoms with Gasteiger partial charge in [0.15, 0.2) is 0 Å². The molecule has 0 atom stereocenters. The molecule has 0 aromatic heterocycles. The molecule has 2 heteroatoms. The summed E-state index contributed by atoms with van der Waals surface area (Å²) in [4.78, 5) is 2.38. The molecule has 3 rings (SSSR count). The van der Waals surface area contributed by atoms with Gasteiger partial charge in [-0.05, 0) is 147 Å². The van der Waals surface area contributed by atoms with Gasteiger partial charge in [-0.25, -0.2) is 0 Å². The SMILES string of the molecule is C.C.CC.CC.CC.CC(C)(C)CCC(C)(C)C.CC1(C)CC1.CC1(C)CCC(C)(C)C1.CC1=C(C)CC1.CCC.CCC.CC[Si](C)(C)C.CN(C(C)(C)C)C(C)(C)C. The zero-order valence-electron chi connectivity index (χ0n) is 48.9. The predicted molar refractivity (Wildman–Crippen MR) is 301 cm³/mol. The van der Waals surface area contributed by atoms with Crippen molar-refractivity contribution >= 4 is 8.07 Å². The van der Waals surface area contributed by atoms with Crippen molar-refractivity contribution in [3.05, 3.63) is 11.1 Å². The quantitative estimate of drug-likeness (QED) is 0.197. The van der Waals surface area contributed by atoms with Crippen LogP contribution in [0.3, 0.4) is 0 Å². The van der Waals surface area contributed by atoms with E-state index in [4.69, 9.17) is 0 Å². The van der Waals surface area contributed by atoms with Gasteiger partial charge in [-0.15, -0.1) is 0 Å². The molecule has 0 bridgehead atoms. The largest absolute Gasteiger partial charge is 0.297 e. The summed E-state index contributed by atoms with van der Waals surface area (Å²) in [6.45, 7) is 75.7. The van der Waals surface area contributed by atoms with Crippen LogP contribution in [0.5, 0.6) is 0 Å². The average Bonchev–Trinajstić information content (AvgIpc) is 3.70. The minimum atomic E-state index is -0.631. The average molecular weight is 877 g/mol. The molecule has 0 saturated heterocycles. The first-order valence-corrected chi connectivity index (χ1v) is 28.8. The molecule has 3 aliphatic rings. The smallest absolute Gasteiger partial charge is 0.0439 e. The first kappa shape index (κ1) is 83.5. The summed E-state index contributed by atoms with van der Waals surface area (Å²) >= 11 is 0. The van der Waals surface area contributed by atoms with Crippen molar-refractivity contribution in [2.45, 2.75) is 337 Å². The van der Waals surface area contributed by atoms with Gasteiger partial charge in [0.1, 0.15) is 0 Å². The topological polar surface area (TPSA) is 3.24 Å². The minimum absolute atomic E-state index is 0. The van der Waals surface area contributed by atoms with Crippen LogP contribution in [0.25, 0.3) is 0 Å². The van der Waals surface area contributed by atoms with Crippen molar-refractivity contribution in [3.8, 4) is 0 Å². The van der Waals surface area contributed by atoms with E-state index in [9.17, 15) is 0 Å². The summed E-state index contributed by atoms with van der Waals surface area (Å²) in [5.74, 6) is 0. The van der Waals surface area contributed by atoms with Gasteiger partial charge in [-0.3, -0.25) is 4.90 Å². The highest BCUT2D eigenvalue weighted by molar-refractivity contribution is 6.75. The summed E-state index contributed by atoms with van der Waals surface area (Å²) in [7, 11) is 1.54.